The smallest absolute Gasteiger partial charge is 0.220 e. The van der Waals surface area contributed by atoms with Crippen molar-refractivity contribution in [2.75, 3.05) is 6.54 Å². The zero-order chi connectivity index (χ0) is 15.1. The summed E-state index contributed by atoms with van der Waals surface area (Å²) in [4.78, 5) is 11.9. The first kappa shape index (κ1) is 15.2. The molecule has 1 amide bonds. The molecule has 0 fully saturated rings. The van der Waals surface area contributed by atoms with Gasteiger partial charge < -0.3 is 5.32 Å². The van der Waals surface area contributed by atoms with Crippen molar-refractivity contribution in [1.29, 1.82) is 0 Å². The fourth-order valence-corrected chi connectivity index (χ4v) is 2.25. The van der Waals surface area contributed by atoms with Gasteiger partial charge in [0, 0.05) is 13.0 Å². The third-order valence-electron chi connectivity index (χ3n) is 3.51. The molecule has 2 aromatic carbocycles. The molecule has 0 saturated carbocycles. The van der Waals surface area contributed by atoms with E-state index in [0.29, 0.717) is 19.4 Å². The summed E-state index contributed by atoms with van der Waals surface area (Å²) in [5.41, 5.74) is 2.19. The highest BCUT2D eigenvalue weighted by atomic mass is 19.1. The first-order valence-electron chi connectivity index (χ1n) is 7.21. The number of rotatable bonds is 6. The molecule has 3 heteroatoms. The molecule has 0 aromatic heterocycles. The first-order chi connectivity index (χ1) is 10.1. The quantitative estimate of drug-likeness (QED) is 0.862. The van der Waals surface area contributed by atoms with Gasteiger partial charge in [-0.15, -0.1) is 0 Å². The van der Waals surface area contributed by atoms with E-state index in [1.54, 1.807) is 12.1 Å². The summed E-state index contributed by atoms with van der Waals surface area (Å²) in [6, 6.07) is 16.4. The van der Waals surface area contributed by atoms with E-state index in [1.807, 2.05) is 30.3 Å². The zero-order valence-corrected chi connectivity index (χ0v) is 12.2. The number of carbonyl (C=O) groups is 1. The molecule has 0 aliphatic rings. The van der Waals surface area contributed by atoms with Crippen molar-refractivity contribution < 1.29 is 9.18 Å². The minimum Gasteiger partial charge on any atom is -0.356 e. The average Bonchev–Trinajstić information content (AvgIpc) is 2.50. The van der Waals surface area contributed by atoms with Crippen LogP contribution in [-0.2, 0) is 11.2 Å². The van der Waals surface area contributed by atoms with E-state index in [2.05, 4.69) is 12.2 Å². The summed E-state index contributed by atoms with van der Waals surface area (Å²) in [7, 11) is 0. The van der Waals surface area contributed by atoms with Gasteiger partial charge in [-0.3, -0.25) is 4.79 Å². The molecule has 0 saturated heterocycles. The van der Waals surface area contributed by atoms with Gasteiger partial charge in [0.15, 0.2) is 0 Å². The molecule has 1 atom stereocenters. The molecule has 2 rings (SSSR count). The maximum atomic E-state index is 12.8. The molecule has 0 unspecified atom stereocenters. The molecule has 0 bridgehead atoms. The molecule has 0 spiro atoms. The van der Waals surface area contributed by atoms with Crippen molar-refractivity contribution in [3.05, 3.63) is 71.5 Å². The van der Waals surface area contributed by atoms with Crippen molar-refractivity contribution in [3.63, 3.8) is 0 Å². The van der Waals surface area contributed by atoms with E-state index in [-0.39, 0.29) is 17.6 Å². The largest absolute Gasteiger partial charge is 0.356 e. The maximum absolute atomic E-state index is 12.8. The van der Waals surface area contributed by atoms with Gasteiger partial charge >= 0.3 is 0 Å². The minimum atomic E-state index is -0.237. The zero-order valence-electron chi connectivity index (χ0n) is 12.2. The van der Waals surface area contributed by atoms with Gasteiger partial charge in [0.25, 0.3) is 0 Å². The number of hydrogen-bond donors (Lipinski definition) is 1. The number of nitrogens with one attached hydrogen (secondary N) is 1. The van der Waals surface area contributed by atoms with Crippen molar-refractivity contribution in [1.82, 2.24) is 5.32 Å². The van der Waals surface area contributed by atoms with E-state index in [1.165, 1.54) is 17.7 Å². The summed E-state index contributed by atoms with van der Waals surface area (Å²) >= 11 is 0. The lowest BCUT2D eigenvalue weighted by molar-refractivity contribution is -0.121. The molecule has 2 nitrogen and oxygen atoms in total. The predicted octanol–water partition coefficient (Wildman–Crippen LogP) is 3.68. The Kier molecular flexibility index (Phi) is 5.50. The van der Waals surface area contributed by atoms with Crippen molar-refractivity contribution in [3.8, 4) is 0 Å². The Bertz CT molecular complexity index is 566. The van der Waals surface area contributed by atoms with Crippen LogP contribution in [-0.4, -0.2) is 12.5 Å². The van der Waals surface area contributed by atoms with E-state index in [9.17, 15) is 9.18 Å². The molecule has 2 aromatic rings. The second-order valence-electron chi connectivity index (χ2n) is 5.24. The second-order valence-corrected chi connectivity index (χ2v) is 5.24. The molecule has 0 aliphatic heterocycles. The van der Waals surface area contributed by atoms with Gasteiger partial charge in [-0.05, 0) is 35.6 Å². The number of carbonyl (C=O) groups excluding carboxylic acids is 1. The Labute approximate surface area is 125 Å². The fourth-order valence-electron chi connectivity index (χ4n) is 2.25. The van der Waals surface area contributed by atoms with Gasteiger partial charge in [0.1, 0.15) is 5.82 Å². The summed E-state index contributed by atoms with van der Waals surface area (Å²) in [6.07, 6.45) is 1.19. The number of benzene rings is 2. The van der Waals surface area contributed by atoms with Crippen LogP contribution < -0.4 is 5.32 Å². The summed E-state index contributed by atoms with van der Waals surface area (Å²) in [5, 5.41) is 2.91. The van der Waals surface area contributed by atoms with Crippen molar-refractivity contribution in [2.45, 2.75) is 25.7 Å². The third kappa shape index (κ3) is 5.03. The Balaban J connectivity index is 1.73. The van der Waals surface area contributed by atoms with Gasteiger partial charge in [0.05, 0.1) is 0 Å². The summed E-state index contributed by atoms with van der Waals surface area (Å²) in [6.45, 7) is 2.63. The lowest BCUT2D eigenvalue weighted by atomic mass is 9.97. The number of hydrogen-bond acceptors (Lipinski definition) is 1. The van der Waals surface area contributed by atoms with Gasteiger partial charge in [-0.2, -0.15) is 0 Å². The van der Waals surface area contributed by atoms with Crippen LogP contribution in [0.25, 0.3) is 0 Å². The molecule has 0 aliphatic carbocycles. The van der Waals surface area contributed by atoms with E-state index in [0.717, 1.165) is 5.56 Å². The van der Waals surface area contributed by atoms with Crippen molar-refractivity contribution >= 4 is 5.91 Å². The highest BCUT2D eigenvalue weighted by Gasteiger charge is 2.10. The van der Waals surface area contributed by atoms with Crippen LogP contribution in [0.2, 0.25) is 0 Å². The monoisotopic (exact) mass is 285 g/mol. The second kappa shape index (κ2) is 7.58. The summed E-state index contributed by atoms with van der Waals surface area (Å²) in [5.74, 6) is 0.0185. The first-order valence-corrected chi connectivity index (χ1v) is 7.21. The fraction of sp³-hybridized carbons (Fsp3) is 0.278. The Hall–Kier alpha value is -2.16. The molecular weight excluding hydrogens is 265 g/mol. The number of amides is 1. The lowest BCUT2D eigenvalue weighted by Gasteiger charge is -2.12. The highest BCUT2D eigenvalue weighted by Crippen LogP contribution is 2.17. The van der Waals surface area contributed by atoms with E-state index in [4.69, 9.17) is 0 Å². The lowest BCUT2D eigenvalue weighted by Crippen LogP contribution is -2.26. The topological polar surface area (TPSA) is 29.1 Å². The Morgan fingerprint density at radius 1 is 1.10 bits per heavy atom. The molecule has 1 N–H and O–H groups in total. The van der Waals surface area contributed by atoms with Crippen LogP contribution in [0.1, 0.15) is 30.4 Å². The van der Waals surface area contributed by atoms with E-state index >= 15 is 0 Å². The maximum Gasteiger partial charge on any atom is 0.220 e. The summed E-state index contributed by atoms with van der Waals surface area (Å²) < 4.78 is 12.8. The standard InChI is InChI=1S/C18H20FNO/c1-14(16-5-3-2-4-6-16)13-18(21)20-12-11-15-7-9-17(19)10-8-15/h2-10,14H,11-13H2,1H3,(H,20,21)/t14-/m1/s1. The highest BCUT2D eigenvalue weighted by molar-refractivity contribution is 5.76. The van der Waals surface area contributed by atoms with Gasteiger partial charge in [-0.25, -0.2) is 4.39 Å². The Morgan fingerprint density at radius 3 is 2.43 bits per heavy atom. The van der Waals surface area contributed by atoms with Crippen LogP contribution in [0.5, 0.6) is 0 Å². The van der Waals surface area contributed by atoms with Crippen LogP contribution in [0.3, 0.4) is 0 Å². The van der Waals surface area contributed by atoms with Crippen LogP contribution >= 0.6 is 0 Å². The normalized spacial score (nSPS) is 11.9. The van der Waals surface area contributed by atoms with Crippen LogP contribution in [0.15, 0.2) is 54.6 Å². The molecule has 110 valence electrons. The Morgan fingerprint density at radius 2 is 1.76 bits per heavy atom. The van der Waals surface area contributed by atoms with Crippen molar-refractivity contribution in [2.24, 2.45) is 0 Å². The molecule has 21 heavy (non-hydrogen) atoms. The van der Waals surface area contributed by atoms with Crippen LogP contribution in [0.4, 0.5) is 4.39 Å². The van der Waals surface area contributed by atoms with E-state index < -0.39 is 0 Å². The SMILES string of the molecule is C[C@H](CC(=O)NCCc1ccc(F)cc1)c1ccccc1. The molecule has 0 radical (unpaired) electrons. The van der Waals surface area contributed by atoms with Crippen LogP contribution in [0, 0.1) is 5.82 Å². The van der Waals surface area contributed by atoms with Gasteiger partial charge in [-0.1, -0.05) is 49.4 Å². The minimum absolute atomic E-state index is 0.0495. The predicted molar refractivity (Wildman–Crippen MR) is 82.6 cm³/mol. The third-order valence-corrected chi connectivity index (χ3v) is 3.51. The molecule has 0 heterocycles. The molecular formula is C18H20FNO. The van der Waals surface area contributed by atoms with Gasteiger partial charge in [0.2, 0.25) is 5.91 Å². The number of halogens is 1. The average molecular weight is 285 g/mol.